The van der Waals surface area contributed by atoms with Gasteiger partial charge in [0.2, 0.25) is 0 Å². The zero-order valence-corrected chi connectivity index (χ0v) is 20.0. The third-order valence-electron chi connectivity index (χ3n) is 4.89. The van der Waals surface area contributed by atoms with Crippen molar-refractivity contribution in [2.75, 3.05) is 0 Å². The van der Waals surface area contributed by atoms with Crippen LogP contribution in [0.4, 0.5) is 18.4 Å². The Morgan fingerprint density at radius 2 is 1.03 bits per heavy atom. The summed E-state index contributed by atoms with van der Waals surface area (Å²) in [6.07, 6.45) is -2.69. The minimum atomic E-state index is -1.20. The highest BCUT2D eigenvalue weighted by molar-refractivity contribution is 5.68. The van der Waals surface area contributed by atoms with Gasteiger partial charge in [-0.25, -0.2) is 18.4 Å². The summed E-state index contributed by atoms with van der Waals surface area (Å²) in [6.45, 7) is 10.5. The summed E-state index contributed by atoms with van der Waals surface area (Å²) in [4.78, 5) is 22.8. The number of halogens is 2. The molecule has 0 aromatic carbocycles. The van der Waals surface area contributed by atoms with E-state index in [9.17, 15) is 28.6 Å². The minimum Gasteiger partial charge on any atom is -0.444 e. The molecule has 0 spiro atoms. The molecule has 0 aromatic heterocycles. The number of rotatable bonds is 2. The Morgan fingerprint density at radius 1 is 0.719 bits per heavy atom. The Morgan fingerprint density at radius 3 is 1.28 bits per heavy atom. The second kappa shape index (κ2) is 12.0. The number of nitrogens with one attached hydrogen (secondary N) is 2. The summed E-state index contributed by atoms with van der Waals surface area (Å²) < 4.78 is 37.0. The van der Waals surface area contributed by atoms with Crippen molar-refractivity contribution < 1.29 is 38.1 Å². The molecule has 8 nitrogen and oxygen atoms in total. The molecule has 32 heavy (non-hydrogen) atoms. The number of carbonyl (C=O) groups excluding carboxylic acids is 2. The van der Waals surface area contributed by atoms with Gasteiger partial charge in [0.1, 0.15) is 23.5 Å². The highest BCUT2D eigenvalue weighted by atomic mass is 19.1. The van der Waals surface area contributed by atoms with Crippen LogP contribution in [0.3, 0.4) is 0 Å². The van der Waals surface area contributed by atoms with Gasteiger partial charge in [-0.2, -0.15) is 0 Å². The third kappa shape index (κ3) is 11.8. The highest BCUT2D eigenvalue weighted by Gasteiger charge is 2.32. The minimum absolute atomic E-state index is 0.0838. The van der Waals surface area contributed by atoms with Crippen LogP contribution in [0.2, 0.25) is 0 Å². The monoisotopic (exact) mass is 466 g/mol. The van der Waals surface area contributed by atoms with Gasteiger partial charge in [-0.3, -0.25) is 0 Å². The predicted molar refractivity (Wildman–Crippen MR) is 116 cm³/mol. The molecular weight excluding hydrogens is 426 g/mol. The van der Waals surface area contributed by atoms with Gasteiger partial charge in [0.05, 0.1) is 24.3 Å². The van der Waals surface area contributed by atoms with E-state index in [2.05, 4.69) is 10.6 Å². The fourth-order valence-corrected chi connectivity index (χ4v) is 3.43. The topological polar surface area (TPSA) is 117 Å². The van der Waals surface area contributed by atoms with Crippen LogP contribution < -0.4 is 10.6 Å². The summed E-state index contributed by atoms with van der Waals surface area (Å²) in [6, 6.07) is -1.09. The van der Waals surface area contributed by atoms with Crippen LogP contribution in [0.25, 0.3) is 0 Å². The van der Waals surface area contributed by atoms with Gasteiger partial charge < -0.3 is 30.3 Å². The van der Waals surface area contributed by atoms with Crippen molar-refractivity contribution in [2.45, 2.75) is 128 Å². The standard InChI is InChI=1S/2C11H20FNO3/c2*1-11(2,3)16-10(15)13-9-5-4-7(14)6-8(9)12/h2*7-9,14H,4-6H2,1-3H3,(H,13,15)/t2*7-,8+,9+/m10/s1. The first-order chi connectivity index (χ1) is 14.6. The Bertz CT molecular complexity index is 556. The zero-order valence-electron chi connectivity index (χ0n) is 20.0. The number of hydrogen-bond acceptors (Lipinski definition) is 6. The highest BCUT2D eigenvalue weighted by Crippen LogP contribution is 2.23. The molecule has 0 saturated heterocycles. The van der Waals surface area contributed by atoms with E-state index in [4.69, 9.17) is 9.47 Å². The third-order valence-corrected chi connectivity index (χ3v) is 4.89. The largest absolute Gasteiger partial charge is 0.444 e. The van der Waals surface area contributed by atoms with Gasteiger partial charge in [0.25, 0.3) is 0 Å². The Balaban J connectivity index is 0.000000320. The van der Waals surface area contributed by atoms with Crippen LogP contribution >= 0.6 is 0 Å². The summed E-state index contributed by atoms with van der Waals surface area (Å²) >= 11 is 0. The van der Waals surface area contributed by atoms with Crippen molar-refractivity contribution in [1.29, 1.82) is 0 Å². The smallest absolute Gasteiger partial charge is 0.407 e. The molecule has 2 amide bonds. The van der Waals surface area contributed by atoms with E-state index in [1.165, 1.54) is 0 Å². The average Bonchev–Trinajstić information content (AvgIpc) is 2.57. The second-order valence-electron chi connectivity index (χ2n) is 10.5. The number of hydrogen-bond donors (Lipinski definition) is 4. The van der Waals surface area contributed by atoms with Crippen LogP contribution in [-0.4, -0.2) is 70.2 Å². The number of alkyl carbamates (subject to hydrolysis) is 2. The molecule has 2 fully saturated rings. The van der Waals surface area contributed by atoms with Crippen LogP contribution in [-0.2, 0) is 9.47 Å². The molecule has 2 saturated carbocycles. The normalized spacial score (nSPS) is 30.9. The molecule has 0 bridgehead atoms. The molecule has 0 aromatic rings. The van der Waals surface area contributed by atoms with Crippen molar-refractivity contribution in [3.8, 4) is 0 Å². The molecule has 0 aliphatic heterocycles. The Kier molecular flexibility index (Phi) is 10.6. The quantitative estimate of drug-likeness (QED) is 0.495. The Labute approximate surface area is 189 Å². The average molecular weight is 467 g/mol. The van der Waals surface area contributed by atoms with Gasteiger partial charge in [-0.05, 0) is 67.2 Å². The number of aliphatic hydroxyl groups is 2. The molecule has 10 heteroatoms. The van der Waals surface area contributed by atoms with E-state index in [1.54, 1.807) is 41.5 Å². The van der Waals surface area contributed by atoms with Crippen molar-refractivity contribution in [3.63, 3.8) is 0 Å². The maximum absolute atomic E-state index is 13.5. The van der Waals surface area contributed by atoms with E-state index in [-0.39, 0.29) is 12.8 Å². The summed E-state index contributed by atoms with van der Waals surface area (Å²) in [5.41, 5.74) is -1.16. The van der Waals surface area contributed by atoms with Gasteiger partial charge in [0, 0.05) is 12.8 Å². The first-order valence-electron chi connectivity index (χ1n) is 11.2. The SMILES string of the molecule is CC(C)(C)OC(=O)N[C@@H]1CC[C@H](O)C[C@H]1F.CC(C)(C)OC(=O)N[C@H]1CC[C@@H](O)C[C@@H]1F. The fourth-order valence-electron chi connectivity index (χ4n) is 3.43. The van der Waals surface area contributed by atoms with E-state index < -0.39 is 60.0 Å². The zero-order chi connectivity index (χ0) is 24.7. The molecule has 2 rings (SSSR count). The number of aliphatic hydroxyl groups excluding tert-OH is 2. The van der Waals surface area contributed by atoms with Crippen molar-refractivity contribution in [2.24, 2.45) is 0 Å². The lowest BCUT2D eigenvalue weighted by Crippen LogP contribution is -2.47. The van der Waals surface area contributed by atoms with Gasteiger partial charge in [-0.15, -0.1) is 0 Å². The molecule has 0 unspecified atom stereocenters. The fraction of sp³-hybridized carbons (Fsp3) is 0.909. The second-order valence-corrected chi connectivity index (χ2v) is 10.5. The lowest BCUT2D eigenvalue weighted by atomic mass is 9.91. The first kappa shape index (κ1) is 28.4. The number of carbonyl (C=O) groups is 2. The van der Waals surface area contributed by atoms with E-state index in [0.29, 0.717) is 25.7 Å². The number of amides is 2. The van der Waals surface area contributed by atoms with Crippen LogP contribution in [0, 0.1) is 0 Å². The number of alkyl halides is 2. The van der Waals surface area contributed by atoms with Crippen molar-refractivity contribution >= 4 is 12.2 Å². The summed E-state index contributed by atoms with van der Waals surface area (Å²) in [5, 5.41) is 23.5. The molecule has 4 N–H and O–H groups in total. The van der Waals surface area contributed by atoms with Gasteiger partial charge >= 0.3 is 12.2 Å². The van der Waals surface area contributed by atoms with E-state index >= 15 is 0 Å². The maximum atomic E-state index is 13.5. The lowest BCUT2D eigenvalue weighted by molar-refractivity contribution is 0.0322. The predicted octanol–water partition coefficient (Wildman–Crippen LogP) is 3.53. The molecular formula is C22H40F2N2O6. The molecule has 2 aliphatic carbocycles. The van der Waals surface area contributed by atoms with Crippen LogP contribution in [0.15, 0.2) is 0 Å². The summed E-state index contributed by atoms with van der Waals surface area (Å²) in [5.74, 6) is 0. The molecule has 0 radical (unpaired) electrons. The van der Waals surface area contributed by atoms with Crippen LogP contribution in [0.1, 0.15) is 80.1 Å². The molecule has 0 heterocycles. The van der Waals surface area contributed by atoms with Crippen molar-refractivity contribution in [3.05, 3.63) is 0 Å². The summed E-state index contributed by atoms with van der Waals surface area (Å²) in [7, 11) is 0. The lowest BCUT2D eigenvalue weighted by Gasteiger charge is -2.30. The van der Waals surface area contributed by atoms with Gasteiger partial charge in [0.15, 0.2) is 0 Å². The van der Waals surface area contributed by atoms with Crippen LogP contribution in [0.5, 0.6) is 0 Å². The molecule has 188 valence electrons. The Hall–Kier alpha value is -1.68. The first-order valence-corrected chi connectivity index (χ1v) is 11.2. The molecule has 6 atom stereocenters. The molecule has 2 aliphatic rings. The maximum Gasteiger partial charge on any atom is 0.407 e. The van der Waals surface area contributed by atoms with Crippen molar-refractivity contribution in [1.82, 2.24) is 10.6 Å². The van der Waals surface area contributed by atoms with E-state index in [0.717, 1.165) is 0 Å². The van der Waals surface area contributed by atoms with E-state index in [1.807, 2.05) is 0 Å². The number of ether oxygens (including phenoxy) is 2. The van der Waals surface area contributed by atoms with Gasteiger partial charge in [-0.1, -0.05) is 0 Å².